The highest BCUT2D eigenvalue weighted by Crippen LogP contribution is 2.28. The topological polar surface area (TPSA) is 80.0 Å². The highest BCUT2D eigenvalue weighted by Gasteiger charge is 2.30. The fourth-order valence-electron chi connectivity index (χ4n) is 2.47. The Labute approximate surface area is 147 Å². The molecule has 6 nitrogen and oxygen atoms in total. The fraction of sp³-hybridized carbons (Fsp3) is 0.250. The zero-order valence-corrected chi connectivity index (χ0v) is 13.9. The van der Waals surface area contributed by atoms with E-state index in [9.17, 15) is 9.59 Å². The largest absolute Gasteiger partial charge is 0.488 e. The molecule has 0 spiro atoms. The van der Waals surface area contributed by atoms with Crippen molar-refractivity contribution in [1.29, 1.82) is 0 Å². The zero-order valence-electron chi connectivity index (χ0n) is 12.4. The van der Waals surface area contributed by atoms with E-state index in [1.54, 1.807) is 23.1 Å². The molecule has 0 saturated carbocycles. The van der Waals surface area contributed by atoms with Crippen molar-refractivity contribution in [1.82, 2.24) is 4.90 Å². The van der Waals surface area contributed by atoms with Gasteiger partial charge in [0.25, 0.3) is 5.91 Å². The van der Waals surface area contributed by atoms with Gasteiger partial charge >= 0.3 is 5.97 Å². The Balaban J connectivity index is 1.62. The molecule has 126 valence electrons. The SMILES string of the molecule is O=C(O)c1coc(C(=O)N2CCC(Oc3ccc(Cl)c(Cl)c3)C2)c1. The van der Waals surface area contributed by atoms with Gasteiger partial charge in [0.2, 0.25) is 0 Å². The third-order valence-corrected chi connectivity index (χ3v) is 4.42. The van der Waals surface area contributed by atoms with Crippen LogP contribution in [0.15, 0.2) is 34.9 Å². The zero-order chi connectivity index (χ0) is 17.3. The summed E-state index contributed by atoms with van der Waals surface area (Å²) in [6.45, 7) is 0.871. The van der Waals surface area contributed by atoms with Gasteiger partial charge in [-0.3, -0.25) is 4.79 Å². The molecule has 0 bridgehead atoms. The summed E-state index contributed by atoms with van der Waals surface area (Å²) in [4.78, 5) is 24.7. The minimum Gasteiger partial charge on any atom is -0.488 e. The lowest BCUT2D eigenvalue weighted by Crippen LogP contribution is -2.30. The van der Waals surface area contributed by atoms with E-state index in [1.165, 1.54) is 6.07 Å². The molecule has 1 amide bonds. The Morgan fingerprint density at radius 2 is 2.04 bits per heavy atom. The number of carbonyl (C=O) groups is 2. The first-order valence-corrected chi connectivity index (χ1v) is 7.92. The average molecular weight is 370 g/mol. The standard InChI is InChI=1S/C16H13Cl2NO5/c17-12-2-1-10(6-13(12)18)24-11-3-4-19(7-11)15(20)14-5-9(8-23-14)16(21)22/h1-2,5-6,8,11H,3-4,7H2,(H,21,22). The van der Waals surface area contributed by atoms with Gasteiger partial charge in [0.15, 0.2) is 5.76 Å². The van der Waals surface area contributed by atoms with Crippen LogP contribution in [0.4, 0.5) is 0 Å². The Bertz CT molecular complexity index is 789. The molecule has 2 heterocycles. The second-order valence-electron chi connectivity index (χ2n) is 5.36. The summed E-state index contributed by atoms with van der Waals surface area (Å²) in [5.74, 6) is -0.916. The van der Waals surface area contributed by atoms with Gasteiger partial charge in [-0.15, -0.1) is 0 Å². The van der Waals surface area contributed by atoms with Crippen LogP contribution in [0.25, 0.3) is 0 Å². The number of rotatable bonds is 4. The van der Waals surface area contributed by atoms with Gasteiger partial charge in [-0.05, 0) is 12.1 Å². The van der Waals surface area contributed by atoms with Gasteiger partial charge in [0, 0.05) is 25.1 Å². The molecule has 1 N–H and O–H groups in total. The second kappa shape index (κ2) is 6.75. The number of ether oxygens (including phenoxy) is 1. The predicted octanol–water partition coefficient (Wildman–Crippen LogP) is 3.58. The normalized spacial score (nSPS) is 17.1. The summed E-state index contributed by atoms with van der Waals surface area (Å²) < 4.78 is 10.8. The molecule has 1 aromatic carbocycles. The van der Waals surface area contributed by atoms with Gasteiger partial charge in [-0.25, -0.2) is 4.79 Å². The number of hydrogen-bond donors (Lipinski definition) is 1. The third kappa shape index (κ3) is 3.49. The highest BCUT2D eigenvalue weighted by molar-refractivity contribution is 6.42. The molecule has 1 atom stereocenters. The van der Waals surface area contributed by atoms with Crippen molar-refractivity contribution >= 4 is 35.1 Å². The lowest BCUT2D eigenvalue weighted by molar-refractivity contribution is 0.0694. The van der Waals surface area contributed by atoms with Crippen LogP contribution in [0.3, 0.4) is 0 Å². The van der Waals surface area contributed by atoms with Crippen molar-refractivity contribution in [3.63, 3.8) is 0 Å². The lowest BCUT2D eigenvalue weighted by Gasteiger charge is -2.16. The molecule has 3 rings (SSSR count). The molecule has 1 saturated heterocycles. The van der Waals surface area contributed by atoms with Crippen molar-refractivity contribution in [2.45, 2.75) is 12.5 Å². The van der Waals surface area contributed by atoms with Gasteiger partial charge in [-0.1, -0.05) is 23.2 Å². The highest BCUT2D eigenvalue weighted by atomic mass is 35.5. The van der Waals surface area contributed by atoms with Crippen LogP contribution < -0.4 is 4.74 Å². The van der Waals surface area contributed by atoms with E-state index in [0.717, 1.165) is 6.26 Å². The fourth-order valence-corrected chi connectivity index (χ4v) is 2.76. The van der Waals surface area contributed by atoms with E-state index in [-0.39, 0.29) is 23.3 Å². The monoisotopic (exact) mass is 369 g/mol. The number of benzene rings is 1. The summed E-state index contributed by atoms with van der Waals surface area (Å²) in [5, 5.41) is 9.71. The molecule has 1 unspecified atom stereocenters. The van der Waals surface area contributed by atoms with Crippen molar-refractivity contribution < 1.29 is 23.8 Å². The minimum atomic E-state index is -1.14. The van der Waals surface area contributed by atoms with Gasteiger partial charge < -0.3 is 19.2 Å². The lowest BCUT2D eigenvalue weighted by atomic mass is 10.3. The second-order valence-corrected chi connectivity index (χ2v) is 6.17. The van der Waals surface area contributed by atoms with Crippen LogP contribution in [0.1, 0.15) is 27.3 Å². The molecule has 0 radical (unpaired) electrons. The number of halogens is 2. The molecule has 24 heavy (non-hydrogen) atoms. The van der Waals surface area contributed by atoms with Gasteiger partial charge in [0.05, 0.1) is 22.2 Å². The molecular formula is C16H13Cl2NO5. The molecule has 1 aliphatic heterocycles. The average Bonchev–Trinajstić information content (AvgIpc) is 3.20. The summed E-state index contributed by atoms with van der Waals surface area (Å²) in [7, 11) is 0. The van der Waals surface area contributed by atoms with Gasteiger partial charge in [-0.2, -0.15) is 0 Å². The summed E-state index contributed by atoms with van der Waals surface area (Å²) in [6.07, 6.45) is 1.52. The molecule has 2 aromatic rings. The number of aromatic carboxylic acids is 1. The van der Waals surface area contributed by atoms with Crippen molar-refractivity contribution in [2.24, 2.45) is 0 Å². The number of likely N-dealkylation sites (tertiary alicyclic amines) is 1. The number of hydrogen-bond acceptors (Lipinski definition) is 4. The Kier molecular flexibility index (Phi) is 4.69. The predicted molar refractivity (Wildman–Crippen MR) is 87.1 cm³/mol. The van der Waals surface area contributed by atoms with E-state index in [0.29, 0.717) is 35.3 Å². The summed E-state index contributed by atoms with van der Waals surface area (Å²) in [6, 6.07) is 6.20. The van der Waals surface area contributed by atoms with Crippen LogP contribution in [0.5, 0.6) is 5.75 Å². The van der Waals surface area contributed by atoms with Crippen molar-refractivity contribution in [3.05, 3.63) is 51.9 Å². The maximum atomic E-state index is 12.3. The maximum absolute atomic E-state index is 12.3. The molecule has 1 fully saturated rings. The molecule has 1 aromatic heterocycles. The van der Waals surface area contributed by atoms with Crippen molar-refractivity contribution in [3.8, 4) is 5.75 Å². The smallest absolute Gasteiger partial charge is 0.338 e. The third-order valence-electron chi connectivity index (χ3n) is 3.68. The summed E-state index contributed by atoms with van der Waals surface area (Å²) in [5.41, 5.74) is -0.0545. The number of furan rings is 1. The first-order chi connectivity index (χ1) is 11.4. The van der Waals surface area contributed by atoms with Crippen LogP contribution in [0.2, 0.25) is 10.0 Å². The van der Waals surface area contributed by atoms with Gasteiger partial charge in [0.1, 0.15) is 18.1 Å². The van der Waals surface area contributed by atoms with E-state index in [1.807, 2.05) is 0 Å². The van der Waals surface area contributed by atoms with Crippen molar-refractivity contribution in [2.75, 3.05) is 13.1 Å². The number of amides is 1. The Morgan fingerprint density at radius 1 is 1.25 bits per heavy atom. The van der Waals surface area contributed by atoms with Crippen LogP contribution in [-0.4, -0.2) is 41.1 Å². The number of carboxylic acid groups (broad SMARTS) is 1. The van der Waals surface area contributed by atoms with E-state index in [4.69, 9.17) is 37.5 Å². The van der Waals surface area contributed by atoms with Crippen LogP contribution in [0, 0.1) is 0 Å². The van der Waals surface area contributed by atoms with E-state index in [2.05, 4.69) is 0 Å². The number of carbonyl (C=O) groups excluding carboxylic acids is 1. The minimum absolute atomic E-state index is 0.00240. The Hall–Kier alpha value is -2.18. The van der Waals surface area contributed by atoms with E-state index >= 15 is 0 Å². The van der Waals surface area contributed by atoms with Crippen LogP contribution >= 0.6 is 23.2 Å². The first-order valence-electron chi connectivity index (χ1n) is 7.17. The summed E-state index contributed by atoms with van der Waals surface area (Å²) >= 11 is 11.8. The first kappa shape index (κ1) is 16.7. The molecule has 0 aliphatic carbocycles. The number of nitrogens with zero attached hydrogens (tertiary/aromatic N) is 1. The Morgan fingerprint density at radius 3 is 2.71 bits per heavy atom. The van der Waals surface area contributed by atoms with Crippen LogP contribution in [-0.2, 0) is 0 Å². The maximum Gasteiger partial charge on any atom is 0.338 e. The van der Waals surface area contributed by atoms with E-state index < -0.39 is 5.97 Å². The number of carboxylic acids is 1. The molecular weight excluding hydrogens is 357 g/mol. The molecule has 1 aliphatic rings. The quantitative estimate of drug-likeness (QED) is 0.890. The molecule has 8 heteroatoms.